The van der Waals surface area contributed by atoms with Crippen molar-refractivity contribution in [1.29, 1.82) is 0 Å². The van der Waals surface area contributed by atoms with Crippen molar-refractivity contribution in [3.63, 3.8) is 0 Å². The molecule has 1 rings (SSSR count). The molecule has 1 aliphatic heterocycles. The topological polar surface area (TPSA) is 87.7 Å². The predicted molar refractivity (Wildman–Crippen MR) is 66.4 cm³/mol. The van der Waals surface area contributed by atoms with Gasteiger partial charge in [0.2, 0.25) is 0 Å². The van der Waals surface area contributed by atoms with Crippen LogP contribution < -0.4 is 10.6 Å². The first-order chi connectivity index (χ1) is 8.28. The third kappa shape index (κ3) is 5.35. The van der Waals surface area contributed by atoms with Gasteiger partial charge in [-0.1, -0.05) is 0 Å². The highest BCUT2D eigenvalue weighted by Crippen LogP contribution is 2.17. The van der Waals surface area contributed by atoms with Crippen LogP contribution >= 0.6 is 0 Å². The first-order valence-corrected chi connectivity index (χ1v) is 6.20. The van der Waals surface area contributed by atoms with Crippen molar-refractivity contribution in [3.05, 3.63) is 0 Å². The molecule has 0 bridgehead atoms. The summed E-state index contributed by atoms with van der Waals surface area (Å²) in [6.07, 6.45) is 0.320. The minimum Gasteiger partial charge on any atom is -0.481 e. The number of carboxylic acid groups (broad SMARTS) is 1. The molecule has 0 aromatic rings. The monoisotopic (exact) mass is 258 g/mol. The molecular formula is C12H22N2O4. The summed E-state index contributed by atoms with van der Waals surface area (Å²) in [5.74, 6) is -0.880. The van der Waals surface area contributed by atoms with Crippen LogP contribution in [0, 0.1) is 5.92 Å². The van der Waals surface area contributed by atoms with Crippen LogP contribution in [0.4, 0.5) is 4.79 Å². The molecule has 0 saturated carbocycles. The molecule has 0 aromatic heterocycles. The van der Waals surface area contributed by atoms with Crippen LogP contribution in [0.2, 0.25) is 0 Å². The van der Waals surface area contributed by atoms with Crippen molar-refractivity contribution in [2.24, 2.45) is 5.92 Å². The van der Waals surface area contributed by atoms with Gasteiger partial charge in [-0.15, -0.1) is 0 Å². The lowest BCUT2D eigenvalue weighted by Gasteiger charge is -2.32. The number of carbonyl (C=O) groups excluding carboxylic acids is 1. The van der Waals surface area contributed by atoms with Gasteiger partial charge in [0.1, 0.15) is 5.60 Å². The van der Waals surface area contributed by atoms with E-state index in [1.165, 1.54) is 0 Å². The van der Waals surface area contributed by atoms with Gasteiger partial charge in [-0.25, -0.2) is 4.79 Å². The summed E-state index contributed by atoms with van der Waals surface area (Å²) in [4.78, 5) is 22.4. The summed E-state index contributed by atoms with van der Waals surface area (Å²) in [5, 5.41) is 14.7. The molecule has 0 aliphatic carbocycles. The van der Waals surface area contributed by atoms with Gasteiger partial charge in [0.15, 0.2) is 0 Å². The van der Waals surface area contributed by atoms with E-state index >= 15 is 0 Å². The Labute approximate surface area is 107 Å². The normalized spacial score (nSPS) is 24.4. The lowest BCUT2D eigenvalue weighted by atomic mass is 9.90. The highest BCUT2D eigenvalue weighted by molar-refractivity contribution is 5.69. The number of ether oxygens (including phenoxy) is 1. The molecule has 104 valence electrons. The summed E-state index contributed by atoms with van der Waals surface area (Å²) in [5.41, 5.74) is -0.547. The van der Waals surface area contributed by atoms with Crippen LogP contribution in [0.3, 0.4) is 0 Å². The largest absolute Gasteiger partial charge is 0.481 e. The van der Waals surface area contributed by atoms with Crippen LogP contribution in [0.1, 0.15) is 33.6 Å². The number of rotatable bonds is 3. The van der Waals surface area contributed by atoms with Crippen molar-refractivity contribution in [3.8, 4) is 0 Å². The van der Waals surface area contributed by atoms with Crippen LogP contribution in [-0.2, 0) is 9.53 Å². The van der Waals surface area contributed by atoms with Crippen molar-refractivity contribution < 1.29 is 19.4 Å². The van der Waals surface area contributed by atoms with Gasteiger partial charge in [0.25, 0.3) is 0 Å². The maximum atomic E-state index is 11.6. The highest BCUT2D eigenvalue weighted by Gasteiger charge is 2.29. The smallest absolute Gasteiger partial charge is 0.407 e. The maximum absolute atomic E-state index is 11.6. The molecule has 0 radical (unpaired) electrons. The van der Waals surface area contributed by atoms with Crippen LogP contribution in [0.5, 0.6) is 0 Å². The number of carboxylic acids is 1. The molecule has 1 fully saturated rings. The molecule has 2 unspecified atom stereocenters. The Bertz CT molecular complexity index is 312. The average Bonchev–Trinajstić information content (AvgIpc) is 2.17. The fourth-order valence-electron chi connectivity index (χ4n) is 2.01. The molecule has 0 spiro atoms. The maximum Gasteiger partial charge on any atom is 0.407 e. The second kappa shape index (κ2) is 6.04. The van der Waals surface area contributed by atoms with E-state index in [1.54, 1.807) is 20.8 Å². The standard InChI is InChI=1S/C12H22N2O4/c1-12(2,3)18-11(17)14-9-7-13-5-4-8(9)6-10(15)16/h8-9,13H,4-7H2,1-3H3,(H,14,17)(H,15,16). The van der Waals surface area contributed by atoms with Crippen molar-refractivity contribution in [2.75, 3.05) is 13.1 Å². The van der Waals surface area contributed by atoms with Gasteiger partial charge in [-0.3, -0.25) is 4.79 Å². The fraction of sp³-hybridized carbons (Fsp3) is 0.833. The SMILES string of the molecule is CC(C)(C)OC(=O)NC1CNCCC1CC(=O)O. The van der Waals surface area contributed by atoms with E-state index in [1.807, 2.05) is 0 Å². The van der Waals surface area contributed by atoms with Gasteiger partial charge < -0.3 is 20.5 Å². The van der Waals surface area contributed by atoms with Gasteiger partial charge >= 0.3 is 12.1 Å². The molecular weight excluding hydrogens is 236 g/mol. The third-order valence-electron chi connectivity index (χ3n) is 2.76. The Morgan fingerprint density at radius 1 is 1.44 bits per heavy atom. The van der Waals surface area contributed by atoms with Gasteiger partial charge in [0, 0.05) is 12.6 Å². The first kappa shape index (κ1) is 14.8. The number of aliphatic carboxylic acids is 1. The molecule has 6 heteroatoms. The molecule has 1 amide bonds. The van der Waals surface area contributed by atoms with E-state index in [0.717, 1.165) is 13.0 Å². The van der Waals surface area contributed by atoms with E-state index in [0.29, 0.717) is 6.54 Å². The molecule has 2 atom stereocenters. The van der Waals surface area contributed by atoms with Crippen molar-refractivity contribution in [1.82, 2.24) is 10.6 Å². The Kier molecular flexibility index (Phi) is 4.95. The first-order valence-electron chi connectivity index (χ1n) is 6.20. The second-order valence-corrected chi connectivity index (χ2v) is 5.60. The molecule has 6 nitrogen and oxygen atoms in total. The van der Waals surface area contributed by atoms with Crippen LogP contribution in [-0.4, -0.2) is 41.9 Å². The number of alkyl carbamates (subject to hydrolysis) is 1. The summed E-state index contributed by atoms with van der Waals surface area (Å²) in [7, 11) is 0. The van der Waals surface area contributed by atoms with Crippen LogP contribution in [0.25, 0.3) is 0 Å². The minimum absolute atomic E-state index is 0.0451. The highest BCUT2D eigenvalue weighted by atomic mass is 16.6. The predicted octanol–water partition coefficient (Wildman–Crippen LogP) is 0.964. The lowest BCUT2D eigenvalue weighted by Crippen LogP contribution is -2.52. The average molecular weight is 258 g/mol. The Balaban J connectivity index is 2.51. The van der Waals surface area contributed by atoms with E-state index in [-0.39, 0.29) is 18.4 Å². The Morgan fingerprint density at radius 3 is 2.67 bits per heavy atom. The zero-order valence-electron chi connectivity index (χ0n) is 11.2. The fourth-order valence-corrected chi connectivity index (χ4v) is 2.01. The second-order valence-electron chi connectivity index (χ2n) is 5.60. The van der Waals surface area contributed by atoms with E-state index < -0.39 is 17.7 Å². The molecule has 3 N–H and O–H groups in total. The van der Waals surface area contributed by atoms with Gasteiger partial charge in [-0.2, -0.15) is 0 Å². The molecule has 1 saturated heterocycles. The summed E-state index contributed by atoms with van der Waals surface area (Å²) >= 11 is 0. The number of amides is 1. The van der Waals surface area contributed by atoms with Crippen molar-refractivity contribution >= 4 is 12.1 Å². The lowest BCUT2D eigenvalue weighted by molar-refractivity contribution is -0.138. The molecule has 18 heavy (non-hydrogen) atoms. The summed E-state index contributed by atoms with van der Waals surface area (Å²) < 4.78 is 5.17. The van der Waals surface area contributed by atoms with Crippen molar-refractivity contribution in [2.45, 2.75) is 45.3 Å². The number of carbonyl (C=O) groups is 2. The molecule has 1 aliphatic rings. The number of nitrogens with one attached hydrogen (secondary N) is 2. The van der Waals surface area contributed by atoms with E-state index in [4.69, 9.17) is 9.84 Å². The third-order valence-corrected chi connectivity index (χ3v) is 2.76. The molecule has 0 aromatic carbocycles. The van der Waals surface area contributed by atoms with Crippen LogP contribution in [0.15, 0.2) is 0 Å². The zero-order chi connectivity index (χ0) is 13.8. The number of hydrogen-bond acceptors (Lipinski definition) is 4. The molecule has 1 heterocycles. The minimum atomic E-state index is -0.835. The Hall–Kier alpha value is -1.30. The van der Waals surface area contributed by atoms with Gasteiger partial charge in [-0.05, 0) is 39.7 Å². The number of hydrogen-bond donors (Lipinski definition) is 3. The summed E-state index contributed by atoms with van der Waals surface area (Å²) in [6, 6.07) is -0.190. The Morgan fingerprint density at radius 2 is 2.11 bits per heavy atom. The van der Waals surface area contributed by atoms with E-state index in [2.05, 4.69) is 10.6 Å². The quantitative estimate of drug-likeness (QED) is 0.702. The number of piperidine rings is 1. The zero-order valence-corrected chi connectivity index (χ0v) is 11.2. The summed E-state index contributed by atoms with van der Waals surface area (Å²) in [6.45, 7) is 6.74. The van der Waals surface area contributed by atoms with E-state index in [9.17, 15) is 9.59 Å². The van der Waals surface area contributed by atoms with Gasteiger partial charge in [0.05, 0.1) is 6.42 Å².